The lowest BCUT2D eigenvalue weighted by Crippen LogP contribution is -2.43. The molecule has 1 heterocycles. The molecule has 0 atom stereocenters. The third-order valence-electron chi connectivity index (χ3n) is 2.02. The van der Waals surface area contributed by atoms with E-state index in [4.69, 9.17) is 0 Å². The largest absolute Gasteiger partial charge is 0.355 e. The molecule has 1 rings (SSSR count). The summed E-state index contributed by atoms with van der Waals surface area (Å²) in [6, 6.07) is 0. The molecule has 0 spiro atoms. The number of hydrogen-bond donors (Lipinski definition) is 2. The number of hydrogen-bond acceptors (Lipinski definition) is 3. The first kappa shape index (κ1) is 10.9. The number of amides is 1. The second kappa shape index (κ2) is 6.27. The predicted octanol–water partition coefficient (Wildman–Crippen LogP) is 0.465. The molecule has 13 heavy (non-hydrogen) atoms. The van der Waals surface area contributed by atoms with Crippen LogP contribution in [0.2, 0.25) is 0 Å². The van der Waals surface area contributed by atoms with Gasteiger partial charge in [-0.1, -0.05) is 6.92 Å². The number of rotatable bonds is 6. The molecule has 0 aromatic carbocycles. The summed E-state index contributed by atoms with van der Waals surface area (Å²) in [4.78, 5) is 11.1. The predicted molar refractivity (Wildman–Crippen MR) is 57.0 cm³/mol. The van der Waals surface area contributed by atoms with Crippen LogP contribution >= 0.6 is 11.8 Å². The summed E-state index contributed by atoms with van der Waals surface area (Å²) in [5.41, 5.74) is 0. The van der Waals surface area contributed by atoms with Gasteiger partial charge in [0.25, 0.3) is 0 Å². The van der Waals surface area contributed by atoms with Crippen molar-refractivity contribution in [1.29, 1.82) is 0 Å². The minimum atomic E-state index is 0.180. The second-order valence-electron chi connectivity index (χ2n) is 3.39. The van der Waals surface area contributed by atoms with Crippen LogP contribution in [0.4, 0.5) is 0 Å². The summed E-state index contributed by atoms with van der Waals surface area (Å²) < 4.78 is 0. The van der Waals surface area contributed by atoms with Crippen molar-refractivity contribution in [2.45, 2.75) is 13.3 Å². The molecule has 3 nitrogen and oxygen atoms in total. The maximum absolute atomic E-state index is 11.1. The summed E-state index contributed by atoms with van der Waals surface area (Å²) >= 11 is 1.74. The molecule has 0 aromatic rings. The topological polar surface area (TPSA) is 41.1 Å². The third kappa shape index (κ3) is 4.52. The molecule has 0 radical (unpaired) electrons. The molecule has 1 saturated heterocycles. The molecule has 1 aliphatic heterocycles. The minimum absolute atomic E-state index is 0.180. The SMILES string of the molecule is CCCNC(=O)CSCC1CNC1. The van der Waals surface area contributed by atoms with Gasteiger partial charge in [0.1, 0.15) is 0 Å². The number of carbonyl (C=O) groups excluding carboxylic acids is 1. The zero-order valence-electron chi connectivity index (χ0n) is 8.14. The van der Waals surface area contributed by atoms with Crippen LogP contribution in [0.1, 0.15) is 13.3 Å². The van der Waals surface area contributed by atoms with E-state index in [2.05, 4.69) is 17.6 Å². The Balaban J connectivity index is 1.88. The summed E-state index contributed by atoms with van der Waals surface area (Å²) in [7, 11) is 0. The molecule has 1 amide bonds. The fourth-order valence-electron chi connectivity index (χ4n) is 1.10. The average Bonchev–Trinajstić information content (AvgIpc) is 2.06. The quantitative estimate of drug-likeness (QED) is 0.657. The van der Waals surface area contributed by atoms with Gasteiger partial charge in [-0.25, -0.2) is 0 Å². The summed E-state index contributed by atoms with van der Waals surface area (Å²) in [6.45, 7) is 5.13. The van der Waals surface area contributed by atoms with Crippen molar-refractivity contribution in [2.24, 2.45) is 5.92 Å². The fraction of sp³-hybridized carbons (Fsp3) is 0.889. The Bertz CT molecular complexity index is 160. The molecule has 1 fully saturated rings. The van der Waals surface area contributed by atoms with Gasteiger partial charge in [-0.2, -0.15) is 11.8 Å². The Morgan fingerprint density at radius 3 is 2.92 bits per heavy atom. The van der Waals surface area contributed by atoms with Crippen molar-refractivity contribution < 1.29 is 4.79 Å². The van der Waals surface area contributed by atoms with E-state index >= 15 is 0 Å². The van der Waals surface area contributed by atoms with Crippen LogP contribution in [0.25, 0.3) is 0 Å². The van der Waals surface area contributed by atoms with E-state index in [1.54, 1.807) is 11.8 Å². The lowest BCUT2D eigenvalue weighted by atomic mass is 10.1. The van der Waals surface area contributed by atoms with E-state index in [9.17, 15) is 4.79 Å². The molecule has 4 heteroatoms. The Morgan fingerprint density at radius 1 is 1.62 bits per heavy atom. The van der Waals surface area contributed by atoms with E-state index < -0.39 is 0 Å². The highest BCUT2D eigenvalue weighted by atomic mass is 32.2. The van der Waals surface area contributed by atoms with Crippen LogP contribution in [0.5, 0.6) is 0 Å². The highest BCUT2D eigenvalue weighted by Crippen LogP contribution is 2.11. The third-order valence-corrected chi connectivity index (χ3v) is 3.20. The highest BCUT2D eigenvalue weighted by Gasteiger charge is 2.16. The van der Waals surface area contributed by atoms with Gasteiger partial charge < -0.3 is 10.6 Å². The van der Waals surface area contributed by atoms with Gasteiger partial charge in [-0.15, -0.1) is 0 Å². The Labute approximate surface area is 84.0 Å². The number of nitrogens with one attached hydrogen (secondary N) is 2. The van der Waals surface area contributed by atoms with Crippen molar-refractivity contribution in [3.8, 4) is 0 Å². The van der Waals surface area contributed by atoms with Crippen LogP contribution in [-0.2, 0) is 4.79 Å². The average molecular weight is 202 g/mol. The van der Waals surface area contributed by atoms with E-state index in [1.165, 1.54) is 0 Å². The Hall–Kier alpha value is -0.220. The van der Waals surface area contributed by atoms with E-state index in [-0.39, 0.29) is 5.91 Å². The lowest BCUT2D eigenvalue weighted by molar-refractivity contribution is -0.118. The molecule has 0 saturated carbocycles. The molecule has 2 N–H and O–H groups in total. The van der Waals surface area contributed by atoms with Crippen LogP contribution in [0.3, 0.4) is 0 Å². The monoisotopic (exact) mass is 202 g/mol. The molecular formula is C9H18N2OS. The van der Waals surface area contributed by atoms with Gasteiger partial charge in [-0.05, 0) is 31.2 Å². The molecular weight excluding hydrogens is 184 g/mol. The first-order valence-electron chi connectivity index (χ1n) is 4.88. The minimum Gasteiger partial charge on any atom is -0.355 e. The maximum Gasteiger partial charge on any atom is 0.229 e. The zero-order valence-corrected chi connectivity index (χ0v) is 8.95. The van der Waals surface area contributed by atoms with Gasteiger partial charge in [-0.3, -0.25) is 4.79 Å². The Kier molecular flexibility index (Phi) is 5.23. The van der Waals surface area contributed by atoms with Crippen molar-refractivity contribution in [3.05, 3.63) is 0 Å². The van der Waals surface area contributed by atoms with Crippen molar-refractivity contribution in [1.82, 2.24) is 10.6 Å². The standard InChI is InChI=1S/C9H18N2OS/c1-2-3-11-9(12)7-13-6-8-4-10-5-8/h8,10H,2-7H2,1H3,(H,11,12). The lowest BCUT2D eigenvalue weighted by Gasteiger charge is -2.26. The van der Waals surface area contributed by atoms with E-state index in [0.29, 0.717) is 5.75 Å². The molecule has 0 aliphatic carbocycles. The van der Waals surface area contributed by atoms with Crippen LogP contribution in [-0.4, -0.2) is 37.0 Å². The molecule has 0 unspecified atom stereocenters. The Morgan fingerprint density at radius 2 is 2.38 bits per heavy atom. The second-order valence-corrected chi connectivity index (χ2v) is 4.42. The molecule has 1 aliphatic rings. The van der Waals surface area contributed by atoms with Crippen LogP contribution in [0.15, 0.2) is 0 Å². The smallest absolute Gasteiger partial charge is 0.229 e. The van der Waals surface area contributed by atoms with Gasteiger partial charge >= 0.3 is 0 Å². The van der Waals surface area contributed by atoms with Gasteiger partial charge in [0.05, 0.1) is 5.75 Å². The first-order valence-corrected chi connectivity index (χ1v) is 6.03. The fourth-order valence-corrected chi connectivity index (χ4v) is 2.07. The first-order chi connectivity index (χ1) is 6.33. The number of carbonyl (C=O) groups is 1. The molecule has 76 valence electrons. The van der Waals surface area contributed by atoms with Gasteiger partial charge in [0, 0.05) is 6.54 Å². The number of thioether (sulfide) groups is 1. The van der Waals surface area contributed by atoms with Crippen LogP contribution < -0.4 is 10.6 Å². The zero-order chi connectivity index (χ0) is 9.52. The van der Waals surface area contributed by atoms with Gasteiger partial charge in [0.15, 0.2) is 0 Å². The van der Waals surface area contributed by atoms with E-state index in [0.717, 1.165) is 37.7 Å². The normalized spacial score (nSPS) is 16.7. The maximum atomic E-state index is 11.1. The van der Waals surface area contributed by atoms with E-state index in [1.807, 2.05) is 0 Å². The summed E-state index contributed by atoms with van der Waals surface area (Å²) in [5, 5.41) is 6.09. The van der Waals surface area contributed by atoms with Crippen molar-refractivity contribution in [2.75, 3.05) is 31.1 Å². The van der Waals surface area contributed by atoms with Gasteiger partial charge in [0.2, 0.25) is 5.91 Å². The molecule has 0 aromatic heterocycles. The van der Waals surface area contributed by atoms with Crippen molar-refractivity contribution in [3.63, 3.8) is 0 Å². The molecule has 0 bridgehead atoms. The summed E-state index contributed by atoms with van der Waals surface area (Å²) in [5.74, 6) is 2.71. The van der Waals surface area contributed by atoms with Crippen molar-refractivity contribution >= 4 is 17.7 Å². The van der Waals surface area contributed by atoms with Crippen LogP contribution in [0, 0.1) is 5.92 Å². The highest BCUT2D eigenvalue weighted by molar-refractivity contribution is 7.99. The summed E-state index contributed by atoms with van der Waals surface area (Å²) in [6.07, 6.45) is 1.02.